The molecule has 0 aliphatic rings. The average molecular weight is 471 g/mol. The molecule has 0 aliphatic carbocycles. The predicted octanol–water partition coefficient (Wildman–Crippen LogP) is 10.0. The van der Waals surface area contributed by atoms with Gasteiger partial charge in [0, 0.05) is 12.0 Å². The summed E-state index contributed by atoms with van der Waals surface area (Å²) in [5, 5.41) is 0. The van der Waals surface area contributed by atoms with Gasteiger partial charge in [-0.25, -0.2) is 8.42 Å². The summed E-state index contributed by atoms with van der Waals surface area (Å²) in [5.74, 6) is -0.771. The number of benzene rings is 1. The SMILES string of the molecule is C.C.C.C.C.C.C.C.C.C.C.CC(=O)c1ccc(S(=O)(=O)CCCC(F)(F)F)cc1. The number of ketones is 1. The van der Waals surface area contributed by atoms with Crippen LogP contribution in [0.25, 0.3) is 0 Å². The molecule has 0 unspecified atom stereocenters. The van der Waals surface area contributed by atoms with E-state index >= 15 is 0 Å². The Balaban J connectivity index is -0.0000000365. The van der Waals surface area contributed by atoms with Crippen LogP contribution < -0.4 is 0 Å². The summed E-state index contributed by atoms with van der Waals surface area (Å²) >= 11 is 0. The van der Waals surface area contributed by atoms with Crippen molar-refractivity contribution in [3.8, 4) is 0 Å². The maximum absolute atomic E-state index is 11.9. The van der Waals surface area contributed by atoms with E-state index in [-0.39, 0.29) is 92.4 Å². The Hall–Kier alpha value is -1.37. The molecule has 194 valence electrons. The van der Waals surface area contributed by atoms with Crippen molar-refractivity contribution in [3.05, 3.63) is 29.8 Å². The second kappa shape index (κ2) is 27.6. The highest BCUT2D eigenvalue weighted by atomic mass is 32.2. The zero-order chi connectivity index (χ0) is 14.7. The fraction of sp³-hybridized carbons (Fsp3) is 0.696. The molecule has 0 saturated carbocycles. The third-order valence-electron chi connectivity index (χ3n) is 2.49. The average Bonchev–Trinajstić information content (AvgIpc) is 2.27. The Morgan fingerprint density at radius 1 is 0.767 bits per heavy atom. The van der Waals surface area contributed by atoms with Crippen molar-refractivity contribution >= 4 is 15.6 Å². The Bertz CT molecular complexity index is 550. The second-order valence-electron chi connectivity index (χ2n) is 4.12. The lowest BCUT2D eigenvalue weighted by molar-refractivity contribution is -0.134. The van der Waals surface area contributed by atoms with Gasteiger partial charge < -0.3 is 0 Å². The van der Waals surface area contributed by atoms with Gasteiger partial charge in [0.25, 0.3) is 0 Å². The quantitative estimate of drug-likeness (QED) is 0.402. The number of carbonyl (C=O) groups excluding carboxylic acids is 1. The Labute approximate surface area is 190 Å². The van der Waals surface area contributed by atoms with Crippen LogP contribution >= 0.6 is 0 Å². The summed E-state index contributed by atoms with van der Waals surface area (Å²) in [7, 11) is -3.74. The first kappa shape index (κ1) is 70.3. The Kier molecular flexibility index (Phi) is 64.8. The van der Waals surface area contributed by atoms with Gasteiger partial charge in [-0.3, -0.25) is 4.79 Å². The molecule has 3 nitrogen and oxygen atoms in total. The van der Waals surface area contributed by atoms with E-state index < -0.39 is 34.6 Å². The first-order valence-corrected chi connectivity index (χ1v) is 7.17. The normalized spacial score (nSPS) is 7.87. The van der Waals surface area contributed by atoms with Gasteiger partial charge in [0.1, 0.15) is 0 Å². The zero-order valence-corrected chi connectivity index (χ0v) is 11.0. The summed E-state index contributed by atoms with van der Waals surface area (Å²) in [4.78, 5) is 10.9. The summed E-state index contributed by atoms with van der Waals surface area (Å²) < 4.78 is 59.3. The second-order valence-corrected chi connectivity index (χ2v) is 6.23. The summed E-state index contributed by atoms with van der Waals surface area (Å²) in [5.41, 5.74) is 0.356. The topological polar surface area (TPSA) is 51.2 Å². The molecule has 1 aromatic carbocycles. The van der Waals surface area contributed by atoms with Gasteiger partial charge in [-0.2, -0.15) is 13.2 Å². The molecule has 1 rings (SSSR count). The van der Waals surface area contributed by atoms with E-state index in [1.165, 1.54) is 31.2 Å². The number of hydrogen-bond donors (Lipinski definition) is 0. The van der Waals surface area contributed by atoms with Crippen molar-refractivity contribution in [2.75, 3.05) is 5.75 Å². The molecule has 0 N–H and O–H groups in total. The van der Waals surface area contributed by atoms with E-state index in [9.17, 15) is 26.4 Å². The van der Waals surface area contributed by atoms with Crippen molar-refractivity contribution < 1.29 is 26.4 Å². The van der Waals surface area contributed by atoms with E-state index in [0.29, 0.717) is 5.56 Å². The van der Waals surface area contributed by atoms with Crippen LogP contribution in [0.15, 0.2) is 29.2 Å². The van der Waals surface area contributed by atoms with Gasteiger partial charge >= 0.3 is 6.18 Å². The van der Waals surface area contributed by atoms with Crippen LogP contribution in [0.5, 0.6) is 0 Å². The molecule has 30 heavy (non-hydrogen) atoms. The number of Topliss-reactive ketones (excluding diaryl/α,β-unsaturated/α-hetero) is 1. The van der Waals surface area contributed by atoms with Crippen molar-refractivity contribution in [1.82, 2.24) is 0 Å². The minimum absolute atomic E-state index is 0. The van der Waals surface area contributed by atoms with Gasteiger partial charge in [0.05, 0.1) is 10.6 Å². The maximum atomic E-state index is 11.9. The Morgan fingerprint density at radius 2 is 1.10 bits per heavy atom. The molecule has 0 heterocycles. The summed E-state index contributed by atoms with van der Waals surface area (Å²) in [6, 6.07) is 5.16. The molecular formula is C23H57F3O3S. The van der Waals surface area contributed by atoms with Gasteiger partial charge in [-0.05, 0) is 25.5 Å². The first-order valence-electron chi connectivity index (χ1n) is 5.52. The van der Waals surface area contributed by atoms with Crippen LogP contribution in [-0.4, -0.2) is 26.1 Å². The van der Waals surface area contributed by atoms with Crippen molar-refractivity contribution in [3.63, 3.8) is 0 Å². The third kappa shape index (κ3) is 24.7. The highest BCUT2D eigenvalue weighted by Gasteiger charge is 2.27. The third-order valence-corrected chi connectivity index (χ3v) is 4.31. The van der Waals surface area contributed by atoms with Crippen molar-refractivity contribution in [1.29, 1.82) is 0 Å². The molecule has 0 bridgehead atoms. The lowest BCUT2D eigenvalue weighted by Crippen LogP contribution is -2.12. The van der Waals surface area contributed by atoms with E-state index in [2.05, 4.69) is 0 Å². The molecule has 0 fully saturated rings. The number of sulfone groups is 1. The molecule has 0 amide bonds. The summed E-state index contributed by atoms with van der Waals surface area (Å²) in [6.07, 6.45) is -5.95. The highest BCUT2D eigenvalue weighted by Crippen LogP contribution is 2.23. The molecule has 1 aromatic rings. The fourth-order valence-corrected chi connectivity index (χ4v) is 2.79. The van der Waals surface area contributed by atoms with Gasteiger partial charge in [0.15, 0.2) is 15.6 Å². The Morgan fingerprint density at radius 3 is 1.37 bits per heavy atom. The molecule has 0 radical (unpaired) electrons. The summed E-state index contributed by atoms with van der Waals surface area (Å²) in [6.45, 7) is 1.34. The van der Waals surface area contributed by atoms with E-state index in [4.69, 9.17) is 0 Å². The van der Waals surface area contributed by atoms with Crippen LogP contribution in [0, 0.1) is 0 Å². The molecule has 0 saturated heterocycles. The standard InChI is InChI=1S/C12H13F3O3S.11CH4/c1-9(16)10-3-5-11(6-4-10)19(17,18)8-2-7-12(13,14)15;;;;;;;;;;;/h3-6H,2,7-8H2,1H3;11*1H4. The molecule has 0 aromatic heterocycles. The lowest BCUT2D eigenvalue weighted by Gasteiger charge is -2.07. The van der Waals surface area contributed by atoms with Crippen molar-refractivity contribution in [2.45, 2.75) is 113 Å². The minimum atomic E-state index is -4.35. The number of rotatable bonds is 5. The van der Waals surface area contributed by atoms with Crippen molar-refractivity contribution in [2.24, 2.45) is 0 Å². The van der Waals surface area contributed by atoms with Gasteiger partial charge in [-0.1, -0.05) is 93.8 Å². The fourth-order valence-electron chi connectivity index (χ4n) is 1.48. The monoisotopic (exact) mass is 470 g/mol. The molecule has 0 aliphatic heterocycles. The minimum Gasteiger partial charge on any atom is -0.295 e. The van der Waals surface area contributed by atoms with Crippen LogP contribution in [0.3, 0.4) is 0 Å². The number of halogens is 3. The van der Waals surface area contributed by atoms with Crippen LogP contribution in [0.1, 0.15) is 112 Å². The number of carbonyl (C=O) groups is 1. The lowest BCUT2D eigenvalue weighted by atomic mass is 10.2. The smallest absolute Gasteiger partial charge is 0.295 e. The van der Waals surface area contributed by atoms with Crippen LogP contribution in [-0.2, 0) is 9.84 Å². The molecule has 0 spiro atoms. The van der Waals surface area contributed by atoms with Crippen LogP contribution in [0.2, 0.25) is 0 Å². The molecular weight excluding hydrogens is 413 g/mol. The van der Waals surface area contributed by atoms with E-state index in [0.717, 1.165) is 0 Å². The molecule has 0 atom stereocenters. The first-order chi connectivity index (χ1) is 8.62. The highest BCUT2D eigenvalue weighted by molar-refractivity contribution is 7.91. The van der Waals surface area contributed by atoms with Gasteiger partial charge in [-0.15, -0.1) is 0 Å². The number of hydrogen-bond acceptors (Lipinski definition) is 3. The van der Waals surface area contributed by atoms with Crippen LogP contribution in [0.4, 0.5) is 13.2 Å². The van der Waals surface area contributed by atoms with Gasteiger partial charge in [0.2, 0.25) is 0 Å². The van der Waals surface area contributed by atoms with E-state index in [1.54, 1.807) is 0 Å². The van der Waals surface area contributed by atoms with E-state index in [1.807, 2.05) is 0 Å². The maximum Gasteiger partial charge on any atom is 0.389 e. The molecule has 7 heteroatoms. The zero-order valence-electron chi connectivity index (χ0n) is 10.2. The number of alkyl halides is 3. The largest absolute Gasteiger partial charge is 0.389 e. The predicted molar refractivity (Wildman–Crippen MR) is 138 cm³/mol.